The molecule has 0 fully saturated rings. The summed E-state index contributed by atoms with van der Waals surface area (Å²) in [6.45, 7) is 4.97. The van der Waals surface area contributed by atoms with Crippen LogP contribution in [-0.4, -0.2) is 51.2 Å². The Morgan fingerprint density at radius 3 is 2.32 bits per heavy atom. The summed E-state index contributed by atoms with van der Waals surface area (Å²) in [5.41, 5.74) is -0.926. The maximum Gasteiger partial charge on any atom is 0.414 e. The van der Waals surface area contributed by atoms with Crippen LogP contribution >= 0.6 is 0 Å². The van der Waals surface area contributed by atoms with E-state index in [1.807, 2.05) is 0 Å². The summed E-state index contributed by atoms with van der Waals surface area (Å²) in [7, 11) is 2.89. The van der Waals surface area contributed by atoms with E-state index in [0.717, 1.165) is 29.0 Å². The van der Waals surface area contributed by atoms with Gasteiger partial charge in [-0.2, -0.15) is 0 Å². The number of benzene rings is 2. The highest BCUT2D eigenvalue weighted by Gasteiger charge is 2.23. The van der Waals surface area contributed by atoms with Crippen molar-refractivity contribution < 1.29 is 37.3 Å². The van der Waals surface area contributed by atoms with Gasteiger partial charge >= 0.3 is 6.09 Å². The number of nitrogens with one attached hydrogen (secondary N) is 1. The lowest BCUT2D eigenvalue weighted by atomic mass is 10.0. The quantitative estimate of drug-likeness (QED) is 0.189. The number of rotatable bonds is 9. The summed E-state index contributed by atoms with van der Waals surface area (Å²) >= 11 is 0. The van der Waals surface area contributed by atoms with Crippen molar-refractivity contribution in [1.29, 1.82) is 0 Å². The van der Waals surface area contributed by atoms with Crippen LogP contribution in [0.3, 0.4) is 0 Å². The van der Waals surface area contributed by atoms with Gasteiger partial charge in [0.15, 0.2) is 28.8 Å². The first-order chi connectivity index (χ1) is 22.4. The molecular formula is C33H29F2N5O7. The number of ketones is 1. The molecule has 0 spiro atoms. The monoisotopic (exact) mass is 645 g/mol. The lowest BCUT2D eigenvalue weighted by Crippen LogP contribution is -2.33. The van der Waals surface area contributed by atoms with E-state index in [1.54, 1.807) is 26.8 Å². The zero-order valence-electron chi connectivity index (χ0n) is 26.0. The second kappa shape index (κ2) is 13.2. The number of methoxy groups -OCH3 is 2. The largest absolute Gasteiger partial charge is 0.491 e. The number of hydrogen-bond acceptors (Lipinski definition) is 10. The zero-order chi connectivity index (χ0) is 33.9. The number of anilines is 1. The number of Topliss-reactive ketones (excluding diaryl/α,β-unsaturated/α-hetero) is 1. The number of pyridine rings is 2. The minimum absolute atomic E-state index is 0.131. The van der Waals surface area contributed by atoms with Gasteiger partial charge in [-0.1, -0.05) is 6.07 Å². The molecule has 1 amide bonds. The van der Waals surface area contributed by atoms with Crippen LogP contribution in [0, 0.1) is 11.6 Å². The van der Waals surface area contributed by atoms with Crippen molar-refractivity contribution in [3.8, 4) is 28.8 Å². The van der Waals surface area contributed by atoms with Crippen molar-refractivity contribution in [3.63, 3.8) is 0 Å². The normalized spacial score (nSPS) is 11.2. The molecule has 1 N–H and O–H groups in total. The third-order valence-electron chi connectivity index (χ3n) is 6.56. The minimum Gasteiger partial charge on any atom is -0.491 e. The first kappa shape index (κ1) is 32.5. The SMILES string of the molecule is COc1cc2nccc(Oc3ccc(CC(=O)c4cnc(NC(=O)OC(C)(C)C)n(-c5ccc(F)cc5)c4=O)cc3F)c2nc1OC. The van der Waals surface area contributed by atoms with Gasteiger partial charge in [0.1, 0.15) is 22.5 Å². The summed E-state index contributed by atoms with van der Waals surface area (Å²) < 4.78 is 51.5. The maximum atomic E-state index is 15.3. The third-order valence-corrected chi connectivity index (χ3v) is 6.56. The fourth-order valence-corrected chi connectivity index (χ4v) is 4.48. The van der Waals surface area contributed by atoms with Crippen LogP contribution in [0.1, 0.15) is 36.7 Å². The second-order valence-corrected chi connectivity index (χ2v) is 11.1. The minimum atomic E-state index is -0.897. The molecule has 47 heavy (non-hydrogen) atoms. The number of ether oxygens (including phenoxy) is 4. The number of aromatic nitrogens is 4. The molecule has 2 aromatic carbocycles. The smallest absolute Gasteiger partial charge is 0.414 e. The number of amides is 1. The number of nitrogens with zero attached hydrogens (tertiary/aromatic N) is 4. The van der Waals surface area contributed by atoms with Crippen molar-refractivity contribution in [3.05, 3.63) is 100 Å². The molecule has 5 rings (SSSR count). The van der Waals surface area contributed by atoms with Crippen LogP contribution in [0.15, 0.2) is 71.8 Å². The summed E-state index contributed by atoms with van der Waals surface area (Å²) in [6, 6.07) is 11.8. The van der Waals surface area contributed by atoms with Crippen LogP contribution in [-0.2, 0) is 11.2 Å². The lowest BCUT2D eigenvalue weighted by Gasteiger charge is -2.20. The predicted octanol–water partition coefficient (Wildman–Crippen LogP) is 6.04. The molecule has 242 valence electrons. The fourth-order valence-electron chi connectivity index (χ4n) is 4.48. The van der Waals surface area contributed by atoms with Crippen LogP contribution in [0.2, 0.25) is 0 Å². The van der Waals surface area contributed by atoms with Crippen LogP contribution in [0.25, 0.3) is 16.7 Å². The Hall–Kier alpha value is -5.92. The van der Waals surface area contributed by atoms with Gasteiger partial charge in [-0.15, -0.1) is 0 Å². The van der Waals surface area contributed by atoms with Crippen molar-refractivity contribution in [2.45, 2.75) is 32.8 Å². The van der Waals surface area contributed by atoms with Gasteiger partial charge in [-0.05, 0) is 62.7 Å². The number of hydrogen-bond donors (Lipinski definition) is 1. The van der Waals surface area contributed by atoms with Crippen LogP contribution in [0.5, 0.6) is 23.1 Å². The van der Waals surface area contributed by atoms with Crippen LogP contribution < -0.4 is 25.1 Å². The molecule has 0 aliphatic carbocycles. The highest BCUT2D eigenvalue weighted by Crippen LogP contribution is 2.34. The maximum absolute atomic E-state index is 15.3. The summed E-state index contributed by atoms with van der Waals surface area (Å²) in [5, 5.41) is 2.39. The standard InChI is InChI=1S/C33H29F2N5O7/c1-33(2,3)47-32(43)39-31-37-17-21(30(42)40(31)20-9-7-19(34)8-10-20)24(41)15-18-6-11-25(22(35)14-18)46-26-12-13-36-23-16-27(44-4)29(45-5)38-28(23)26/h6-14,16-17H,15H2,1-5H3,(H,37,39,43). The van der Waals surface area contributed by atoms with Gasteiger partial charge in [0.2, 0.25) is 5.95 Å². The average Bonchev–Trinajstić information content (AvgIpc) is 3.01. The third kappa shape index (κ3) is 7.32. The summed E-state index contributed by atoms with van der Waals surface area (Å²) in [6.07, 6.45) is 1.21. The van der Waals surface area contributed by atoms with E-state index in [2.05, 4.69) is 20.3 Å². The zero-order valence-corrected chi connectivity index (χ0v) is 26.0. The van der Waals surface area contributed by atoms with Crippen molar-refractivity contribution in [2.24, 2.45) is 0 Å². The topological polar surface area (TPSA) is 144 Å². The molecule has 0 unspecified atom stereocenters. The van der Waals surface area contributed by atoms with Gasteiger partial charge < -0.3 is 18.9 Å². The number of carbonyl (C=O) groups is 2. The lowest BCUT2D eigenvalue weighted by molar-refractivity contribution is 0.0634. The molecule has 14 heteroatoms. The summed E-state index contributed by atoms with van der Waals surface area (Å²) in [4.78, 5) is 52.1. The molecule has 3 aromatic heterocycles. The van der Waals surface area contributed by atoms with E-state index in [-0.39, 0.29) is 46.6 Å². The Balaban J connectivity index is 1.41. The number of fused-ring (bicyclic) bond motifs is 1. The summed E-state index contributed by atoms with van der Waals surface area (Å²) in [5.74, 6) is -1.68. The Bertz CT molecular complexity index is 2040. The van der Waals surface area contributed by atoms with Crippen molar-refractivity contribution in [1.82, 2.24) is 19.5 Å². The molecule has 0 aliphatic heterocycles. The first-order valence-corrected chi connectivity index (χ1v) is 14.1. The van der Waals surface area contributed by atoms with Gasteiger partial charge in [-0.3, -0.25) is 19.9 Å². The van der Waals surface area contributed by atoms with E-state index in [0.29, 0.717) is 16.8 Å². The van der Waals surface area contributed by atoms with E-state index in [4.69, 9.17) is 18.9 Å². The van der Waals surface area contributed by atoms with Gasteiger partial charge in [0, 0.05) is 30.9 Å². The molecule has 12 nitrogen and oxygen atoms in total. The van der Waals surface area contributed by atoms with E-state index < -0.39 is 34.7 Å². The Morgan fingerprint density at radius 1 is 0.915 bits per heavy atom. The molecule has 5 aromatic rings. The van der Waals surface area contributed by atoms with Gasteiger partial charge in [0.25, 0.3) is 11.4 Å². The van der Waals surface area contributed by atoms with Crippen molar-refractivity contribution >= 4 is 28.9 Å². The predicted molar refractivity (Wildman–Crippen MR) is 167 cm³/mol. The molecule has 0 saturated heterocycles. The van der Waals surface area contributed by atoms with E-state index in [1.165, 1.54) is 50.7 Å². The average molecular weight is 646 g/mol. The fraction of sp³-hybridized carbons (Fsp3) is 0.212. The van der Waals surface area contributed by atoms with Gasteiger partial charge in [0.05, 0.1) is 25.4 Å². The Labute approximate surface area is 266 Å². The molecule has 0 saturated carbocycles. The molecule has 0 radical (unpaired) electrons. The number of halogens is 2. The molecule has 3 heterocycles. The Kier molecular flexibility index (Phi) is 9.12. The number of carbonyl (C=O) groups excluding carboxylic acids is 2. The van der Waals surface area contributed by atoms with E-state index in [9.17, 15) is 18.8 Å². The molecular weight excluding hydrogens is 616 g/mol. The van der Waals surface area contributed by atoms with Gasteiger partial charge in [-0.25, -0.2) is 28.1 Å². The Morgan fingerprint density at radius 2 is 1.66 bits per heavy atom. The van der Waals surface area contributed by atoms with Crippen LogP contribution in [0.4, 0.5) is 19.5 Å². The highest BCUT2D eigenvalue weighted by atomic mass is 19.1. The molecule has 0 aliphatic rings. The highest BCUT2D eigenvalue weighted by molar-refractivity contribution is 5.97. The molecule has 0 atom stereocenters. The first-order valence-electron chi connectivity index (χ1n) is 14.1. The van der Waals surface area contributed by atoms with Crippen molar-refractivity contribution in [2.75, 3.05) is 19.5 Å². The second-order valence-electron chi connectivity index (χ2n) is 11.1. The molecule has 0 bridgehead atoms. The van der Waals surface area contributed by atoms with E-state index >= 15 is 4.39 Å².